The SMILES string of the molecule is COc1ccc(C23C(=O)N(Nc4ccc(Cl)cc4Cl)C(=O)C2CC2C(=CCC4C(=O)N(c5ccc(I)cc5)C(=O)C42)C3C=Cc2ccc(O)c(OC)c2)cc1. The Morgan fingerprint density at radius 3 is 2.31 bits per heavy atom. The molecule has 6 unspecified atom stereocenters. The molecule has 4 aromatic carbocycles. The summed E-state index contributed by atoms with van der Waals surface area (Å²) in [6.45, 7) is 0. The molecule has 10 nitrogen and oxygen atoms in total. The third-order valence-corrected chi connectivity index (χ3v) is 12.7. The number of nitrogens with zero attached hydrogens (tertiary/aromatic N) is 2. The number of phenols is 1. The maximum atomic E-state index is 15.4. The van der Waals surface area contributed by atoms with Crippen LogP contribution in [0.4, 0.5) is 11.4 Å². The number of hydrazine groups is 1. The number of methoxy groups -OCH3 is 2. The molecule has 2 saturated heterocycles. The van der Waals surface area contributed by atoms with E-state index in [1.807, 2.05) is 30.4 Å². The second-order valence-electron chi connectivity index (χ2n) is 14.0. The zero-order valence-corrected chi connectivity index (χ0v) is 33.2. The van der Waals surface area contributed by atoms with E-state index in [1.54, 1.807) is 67.8 Å². The number of carbonyl (C=O) groups is 4. The number of anilines is 2. The molecule has 2 heterocycles. The molecule has 280 valence electrons. The van der Waals surface area contributed by atoms with Crippen LogP contribution in [0.25, 0.3) is 6.08 Å². The number of carbonyl (C=O) groups excluding carboxylic acids is 4. The Morgan fingerprint density at radius 1 is 0.873 bits per heavy atom. The van der Waals surface area contributed by atoms with Crippen molar-refractivity contribution in [3.63, 3.8) is 0 Å². The van der Waals surface area contributed by atoms with Gasteiger partial charge in [0, 0.05) is 14.5 Å². The molecule has 0 radical (unpaired) electrons. The Kier molecular flexibility index (Phi) is 9.67. The average molecular weight is 891 g/mol. The van der Waals surface area contributed by atoms with Crippen molar-refractivity contribution in [1.29, 1.82) is 0 Å². The molecular weight excluding hydrogens is 856 g/mol. The van der Waals surface area contributed by atoms with Crippen LogP contribution in [0.2, 0.25) is 10.0 Å². The molecular formula is C42H34Cl2IN3O7. The lowest BCUT2D eigenvalue weighted by molar-refractivity contribution is -0.139. The number of ether oxygens (including phenoxy) is 2. The van der Waals surface area contributed by atoms with E-state index in [4.69, 9.17) is 32.7 Å². The summed E-state index contributed by atoms with van der Waals surface area (Å²) in [5.41, 5.74) is 4.36. The zero-order chi connectivity index (χ0) is 38.8. The lowest BCUT2D eigenvalue weighted by Crippen LogP contribution is -2.54. The van der Waals surface area contributed by atoms with Gasteiger partial charge in [0.25, 0.3) is 11.8 Å². The number of amides is 4. The first kappa shape index (κ1) is 37.1. The predicted octanol–water partition coefficient (Wildman–Crippen LogP) is 8.06. The summed E-state index contributed by atoms with van der Waals surface area (Å²) in [6.07, 6.45) is 6.13. The fraction of sp³-hybridized carbons (Fsp3) is 0.238. The van der Waals surface area contributed by atoms with E-state index in [1.165, 1.54) is 24.1 Å². The van der Waals surface area contributed by atoms with Gasteiger partial charge in [0.1, 0.15) is 5.75 Å². The molecule has 4 aromatic rings. The molecule has 0 bridgehead atoms. The van der Waals surface area contributed by atoms with Gasteiger partial charge in [0.15, 0.2) is 11.5 Å². The van der Waals surface area contributed by atoms with Crippen molar-refractivity contribution in [2.24, 2.45) is 29.6 Å². The van der Waals surface area contributed by atoms with E-state index in [0.29, 0.717) is 33.3 Å². The highest BCUT2D eigenvalue weighted by Gasteiger charge is 2.69. The number of phenolic OH excluding ortho intramolecular Hbond substituents is 1. The molecule has 8 rings (SSSR count). The van der Waals surface area contributed by atoms with E-state index >= 15 is 4.79 Å². The van der Waals surface area contributed by atoms with Gasteiger partial charge in [0.2, 0.25) is 11.8 Å². The Bertz CT molecular complexity index is 2310. The van der Waals surface area contributed by atoms with Gasteiger partial charge in [-0.25, -0.2) is 0 Å². The van der Waals surface area contributed by atoms with Crippen molar-refractivity contribution >= 4 is 86.9 Å². The lowest BCUT2D eigenvalue weighted by atomic mass is 9.50. The number of nitrogens with one attached hydrogen (secondary N) is 1. The second kappa shape index (κ2) is 14.3. The molecule has 6 atom stereocenters. The standard InChI is InChI=1S/C42H34Cl2IN3O7/c1-54-27-12-5-23(6-13-27)42-31(16-3-22-4-18-35(49)36(19-22)55-2)28-14-15-29-37(40(52)47(38(29)50)26-10-8-25(45)9-11-26)30(28)21-32(42)39(51)48(41(42)53)46-34-17-7-24(43)20-33(34)44/h3-14,16-20,29-32,37,46,49H,15,21H2,1-2H3. The third kappa shape index (κ3) is 5.98. The molecule has 4 amide bonds. The minimum absolute atomic E-state index is 0.0329. The summed E-state index contributed by atoms with van der Waals surface area (Å²) in [6, 6.07) is 24.0. The molecule has 2 N–H and O–H groups in total. The van der Waals surface area contributed by atoms with Crippen molar-refractivity contribution in [2.75, 3.05) is 24.5 Å². The maximum Gasteiger partial charge on any atom is 0.260 e. The van der Waals surface area contributed by atoms with Crippen molar-refractivity contribution in [2.45, 2.75) is 18.3 Å². The number of hydrogen-bond donors (Lipinski definition) is 2. The van der Waals surface area contributed by atoms with Crippen molar-refractivity contribution in [3.8, 4) is 17.2 Å². The van der Waals surface area contributed by atoms with E-state index < -0.39 is 46.8 Å². The number of aromatic hydroxyl groups is 1. The number of imide groups is 2. The van der Waals surface area contributed by atoms with Gasteiger partial charge in [-0.3, -0.25) is 29.5 Å². The highest BCUT2D eigenvalue weighted by molar-refractivity contribution is 14.1. The Hall–Kier alpha value is -4.85. The monoisotopic (exact) mass is 889 g/mol. The van der Waals surface area contributed by atoms with Crippen LogP contribution in [-0.2, 0) is 24.6 Å². The van der Waals surface area contributed by atoms with E-state index in [0.717, 1.165) is 14.2 Å². The van der Waals surface area contributed by atoms with Crippen LogP contribution in [-0.4, -0.2) is 48.0 Å². The van der Waals surface area contributed by atoms with Crippen LogP contribution >= 0.6 is 45.8 Å². The lowest BCUT2D eigenvalue weighted by Gasteiger charge is -2.49. The van der Waals surface area contributed by atoms with Crippen molar-refractivity contribution in [3.05, 3.63) is 127 Å². The predicted molar refractivity (Wildman–Crippen MR) is 217 cm³/mol. The fourth-order valence-electron chi connectivity index (χ4n) is 8.94. The Labute approximate surface area is 340 Å². The first-order valence-electron chi connectivity index (χ1n) is 17.6. The van der Waals surface area contributed by atoms with Gasteiger partial charge in [0.05, 0.1) is 53.8 Å². The fourth-order valence-corrected chi connectivity index (χ4v) is 9.75. The van der Waals surface area contributed by atoms with Gasteiger partial charge < -0.3 is 14.6 Å². The summed E-state index contributed by atoms with van der Waals surface area (Å²) >= 11 is 14.9. The molecule has 13 heteroatoms. The molecule has 4 aliphatic rings. The van der Waals surface area contributed by atoms with Crippen LogP contribution in [0.3, 0.4) is 0 Å². The van der Waals surface area contributed by atoms with Gasteiger partial charge in [-0.15, -0.1) is 0 Å². The first-order valence-corrected chi connectivity index (χ1v) is 19.4. The molecule has 0 spiro atoms. The highest BCUT2D eigenvalue weighted by Crippen LogP contribution is 2.62. The number of hydrogen-bond acceptors (Lipinski definition) is 8. The van der Waals surface area contributed by atoms with Crippen molar-refractivity contribution < 1.29 is 33.8 Å². The van der Waals surface area contributed by atoms with Crippen molar-refractivity contribution in [1.82, 2.24) is 5.01 Å². The normalized spacial score (nSPS) is 25.8. The first-order chi connectivity index (χ1) is 26.5. The zero-order valence-electron chi connectivity index (χ0n) is 29.5. The summed E-state index contributed by atoms with van der Waals surface area (Å²) in [7, 11) is 3.00. The molecule has 1 saturated carbocycles. The number of allylic oxidation sites excluding steroid dienone is 3. The van der Waals surface area contributed by atoms with E-state index in [9.17, 15) is 19.5 Å². The quantitative estimate of drug-likeness (QED) is 0.104. The van der Waals surface area contributed by atoms with Gasteiger partial charge in [-0.05, 0) is 119 Å². The van der Waals surface area contributed by atoms with Crippen LogP contribution in [0.5, 0.6) is 17.2 Å². The average Bonchev–Trinajstić information content (AvgIpc) is 3.56. The molecule has 0 aromatic heterocycles. The largest absolute Gasteiger partial charge is 0.504 e. The topological polar surface area (TPSA) is 125 Å². The molecule has 55 heavy (non-hydrogen) atoms. The van der Waals surface area contributed by atoms with Gasteiger partial charge >= 0.3 is 0 Å². The van der Waals surface area contributed by atoms with Gasteiger partial charge in [-0.1, -0.05) is 65.2 Å². The van der Waals surface area contributed by atoms with Gasteiger partial charge in [-0.2, -0.15) is 5.01 Å². The summed E-state index contributed by atoms with van der Waals surface area (Å²) in [5.74, 6) is -4.46. The molecule has 2 aliphatic carbocycles. The smallest absolute Gasteiger partial charge is 0.260 e. The van der Waals surface area contributed by atoms with Crippen LogP contribution in [0.15, 0.2) is 103 Å². The Morgan fingerprint density at radius 2 is 1.62 bits per heavy atom. The summed E-state index contributed by atoms with van der Waals surface area (Å²) in [5, 5.41) is 11.9. The van der Waals surface area contributed by atoms with E-state index in [2.05, 4.69) is 28.0 Å². The number of fused-ring (bicyclic) bond motifs is 4. The minimum atomic E-state index is -1.50. The number of rotatable bonds is 8. The highest BCUT2D eigenvalue weighted by atomic mass is 127. The van der Waals surface area contributed by atoms with Crippen LogP contribution in [0.1, 0.15) is 24.0 Å². The maximum absolute atomic E-state index is 15.4. The molecule has 2 aliphatic heterocycles. The third-order valence-electron chi connectivity index (χ3n) is 11.4. The number of benzene rings is 4. The second-order valence-corrected chi connectivity index (χ2v) is 16.1. The van der Waals surface area contributed by atoms with E-state index in [-0.39, 0.29) is 41.2 Å². The number of halogens is 3. The summed E-state index contributed by atoms with van der Waals surface area (Å²) in [4.78, 5) is 60.1. The van der Waals surface area contributed by atoms with Crippen LogP contribution < -0.4 is 19.8 Å². The minimum Gasteiger partial charge on any atom is -0.504 e. The summed E-state index contributed by atoms with van der Waals surface area (Å²) < 4.78 is 11.8. The molecule has 3 fully saturated rings. The van der Waals surface area contributed by atoms with Crippen LogP contribution in [0, 0.1) is 33.2 Å². The Balaban J connectivity index is 1.31.